The van der Waals surface area contributed by atoms with E-state index in [1.54, 1.807) is 0 Å². The Balaban J connectivity index is 2.24. The number of ether oxygens (including phenoxy) is 1. The highest BCUT2D eigenvalue weighted by molar-refractivity contribution is 9.10. The summed E-state index contributed by atoms with van der Waals surface area (Å²) in [7, 11) is 0. The second kappa shape index (κ2) is 6.31. The molecule has 1 aliphatic rings. The van der Waals surface area contributed by atoms with E-state index in [0.717, 1.165) is 0 Å². The molecule has 1 aliphatic heterocycles. The van der Waals surface area contributed by atoms with Crippen LogP contribution < -0.4 is 4.90 Å². The molecule has 2 rings (SSSR count). The minimum absolute atomic E-state index is 0.0150. The summed E-state index contributed by atoms with van der Waals surface area (Å²) in [6.07, 6.45) is 1.48. The molecule has 2 N–H and O–H groups in total. The number of carboxylic acid groups (broad SMARTS) is 1. The van der Waals surface area contributed by atoms with Crippen molar-refractivity contribution in [3.63, 3.8) is 0 Å². The van der Waals surface area contributed by atoms with E-state index in [2.05, 4.69) is 20.9 Å². The summed E-state index contributed by atoms with van der Waals surface area (Å²) in [5.74, 6) is -0.397. The van der Waals surface area contributed by atoms with Crippen molar-refractivity contribution in [3.05, 3.63) is 22.3 Å². The first-order valence-corrected chi connectivity index (χ1v) is 6.73. The molecule has 1 fully saturated rings. The summed E-state index contributed by atoms with van der Waals surface area (Å²) >= 11 is 3.17. The fourth-order valence-electron chi connectivity index (χ4n) is 1.96. The van der Waals surface area contributed by atoms with Crippen molar-refractivity contribution in [2.24, 2.45) is 5.92 Å². The van der Waals surface area contributed by atoms with Crippen molar-refractivity contribution in [2.75, 3.05) is 37.8 Å². The minimum atomic E-state index is -1.000. The van der Waals surface area contributed by atoms with Gasteiger partial charge in [-0.15, -0.1) is 0 Å². The van der Waals surface area contributed by atoms with Crippen LogP contribution in [0.5, 0.6) is 0 Å². The summed E-state index contributed by atoms with van der Waals surface area (Å²) in [4.78, 5) is 17.3. The van der Waals surface area contributed by atoms with Crippen molar-refractivity contribution in [2.45, 2.75) is 0 Å². The average Bonchev–Trinajstić information content (AvgIpc) is 2.64. The number of anilines is 1. The number of aliphatic hydroxyl groups is 1. The Morgan fingerprint density at radius 2 is 2.42 bits per heavy atom. The lowest BCUT2D eigenvalue weighted by molar-refractivity contribution is 0.0695. The van der Waals surface area contributed by atoms with E-state index in [1.807, 2.05) is 4.90 Å². The van der Waals surface area contributed by atoms with Crippen molar-refractivity contribution in [3.8, 4) is 0 Å². The molecule has 0 amide bonds. The smallest absolute Gasteiger partial charge is 0.337 e. The summed E-state index contributed by atoms with van der Waals surface area (Å²) in [5, 5.41) is 18.3. The molecule has 0 radical (unpaired) electrons. The molecule has 0 spiro atoms. The molecule has 6 nitrogen and oxygen atoms in total. The van der Waals surface area contributed by atoms with Gasteiger partial charge < -0.3 is 19.8 Å². The van der Waals surface area contributed by atoms with Gasteiger partial charge in [0.25, 0.3) is 0 Å². The Bertz CT molecular complexity index is 469. The average molecular weight is 331 g/mol. The molecule has 1 unspecified atom stereocenters. The number of rotatable bonds is 3. The number of aromatic nitrogens is 1. The predicted octanol–water partition coefficient (Wildman–Crippen LogP) is 0.987. The van der Waals surface area contributed by atoms with E-state index in [0.29, 0.717) is 36.6 Å². The quantitative estimate of drug-likeness (QED) is 0.859. The Kier molecular flexibility index (Phi) is 4.73. The van der Waals surface area contributed by atoms with Crippen LogP contribution in [-0.4, -0.2) is 54.1 Å². The molecular weight excluding hydrogens is 316 g/mol. The van der Waals surface area contributed by atoms with Gasteiger partial charge in [0, 0.05) is 31.8 Å². The molecule has 1 aromatic heterocycles. The molecular formula is C12H15BrN2O4. The van der Waals surface area contributed by atoms with Crippen molar-refractivity contribution < 1.29 is 19.7 Å². The topological polar surface area (TPSA) is 82.9 Å². The standard InChI is InChI=1S/C12H15BrN2O4/c13-10-4-14-11(3-9(10)12(17)18)15-1-2-19-7-8(5-15)6-16/h3-4,8,16H,1-2,5-7H2,(H,17,18). The van der Waals surface area contributed by atoms with Crippen LogP contribution in [0.25, 0.3) is 0 Å². The van der Waals surface area contributed by atoms with Crippen LogP contribution in [0.15, 0.2) is 16.7 Å². The van der Waals surface area contributed by atoms with Crippen molar-refractivity contribution in [1.29, 1.82) is 0 Å². The maximum atomic E-state index is 11.1. The lowest BCUT2D eigenvalue weighted by atomic mass is 10.1. The number of hydrogen-bond acceptors (Lipinski definition) is 5. The van der Waals surface area contributed by atoms with Crippen LogP contribution >= 0.6 is 15.9 Å². The summed E-state index contributed by atoms with van der Waals surface area (Å²) in [5.41, 5.74) is 0.177. The third kappa shape index (κ3) is 3.43. The van der Waals surface area contributed by atoms with Gasteiger partial charge in [-0.2, -0.15) is 0 Å². The van der Waals surface area contributed by atoms with Gasteiger partial charge in [0.15, 0.2) is 0 Å². The number of carbonyl (C=O) groups is 1. The summed E-state index contributed by atoms with van der Waals surface area (Å²) in [6, 6.07) is 1.53. The lowest BCUT2D eigenvalue weighted by Crippen LogP contribution is -2.32. The molecule has 1 aromatic rings. The largest absolute Gasteiger partial charge is 0.478 e. The van der Waals surface area contributed by atoms with Crippen molar-refractivity contribution in [1.82, 2.24) is 4.98 Å². The van der Waals surface area contributed by atoms with Gasteiger partial charge in [-0.3, -0.25) is 0 Å². The van der Waals surface area contributed by atoms with Gasteiger partial charge in [0.1, 0.15) is 5.82 Å². The maximum absolute atomic E-state index is 11.1. The second-order valence-corrected chi connectivity index (χ2v) is 5.25. The van der Waals surface area contributed by atoms with Crippen LogP contribution in [0, 0.1) is 5.92 Å². The first kappa shape index (κ1) is 14.2. The van der Waals surface area contributed by atoms with Crippen LogP contribution in [0.3, 0.4) is 0 Å². The van der Waals surface area contributed by atoms with Crippen LogP contribution in [0.4, 0.5) is 5.82 Å². The Morgan fingerprint density at radius 1 is 1.63 bits per heavy atom. The number of halogens is 1. The first-order chi connectivity index (χ1) is 9.11. The normalized spacial score (nSPS) is 20.1. The maximum Gasteiger partial charge on any atom is 0.337 e. The van der Waals surface area contributed by atoms with Crippen molar-refractivity contribution >= 4 is 27.7 Å². The highest BCUT2D eigenvalue weighted by Crippen LogP contribution is 2.22. The number of hydrogen-bond donors (Lipinski definition) is 2. The number of aromatic carboxylic acids is 1. The number of nitrogens with zero attached hydrogens (tertiary/aromatic N) is 2. The number of aliphatic hydroxyl groups excluding tert-OH is 1. The molecule has 0 aliphatic carbocycles. The molecule has 1 saturated heterocycles. The Morgan fingerprint density at radius 3 is 3.11 bits per heavy atom. The highest BCUT2D eigenvalue weighted by atomic mass is 79.9. The second-order valence-electron chi connectivity index (χ2n) is 4.40. The van der Waals surface area contributed by atoms with Gasteiger partial charge >= 0.3 is 5.97 Å². The van der Waals surface area contributed by atoms with Crippen LogP contribution in [0.2, 0.25) is 0 Å². The monoisotopic (exact) mass is 330 g/mol. The fraction of sp³-hybridized carbons (Fsp3) is 0.500. The van der Waals surface area contributed by atoms with E-state index in [9.17, 15) is 9.90 Å². The first-order valence-electron chi connectivity index (χ1n) is 5.94. The molecule has 19 heavy (non-hydrogen) atoms. The Hall–Kier alpha value is -1.18. The molecule has 0 bridgehead atoms. The van der Waals surface area contributed by atoms with Gasteiger partial charge in [0.05, 0.1) is 23.2 Å². The molecule has 0 aromatic carbocycles. The zero-order valence-corrected chi connectivity index (χ0v) is 11.8. The van der Waals surface area contributed by atoms with E-state index < -0.39 is 5.97 Å². The molecule has 104 valence electrons. The van der Waals surface area contributed by atoms with Gasteiger partial charge in [0.2, 0.25) is 0 Å². The Labute approximate surface area is 119 Å². The van der Waals surface area contributed by atoms with E-state index in [-0.39, 0.29) is 18.1 Å². The molecule has 1 atom stereocenters. The summed E-state index contributed by atoms with van der Waals surface area (Å²) in [6.45, 7) is 2.32. The number of pyridine rings is 1. The zero-order chi connectivity index (χ0) is 13.8. The van der Waals surface area contributed by atoms with Gasteiger partial charge in [-0.25, -0.2) is 9.78 Å². The van der Waals surface area contributed by atoms with E-state index in [1.165, 1.54) is 12.3 Å². The highest BCUT2D eigenvalue weighted by Gasteiger charge is 2.20. The third-order valence-electron chi connectivity index (χ3n) is 2.99. The van der Waals surface area contributed by atoms with Gasteiger partial charge in [-0.1, -0.05) is 0 Å². The minimum Gasteiger partial charge on any atom is -0.478 e. The van der Waals surface area contributed by atoms with E-state index >= 15 is 0 Å². The third-order valence-corrected chi connectivity index (χ3v) is 3.62. The SMILES string of the molecule is O=C(O)c1cc(N2CCOCC(CO)C2)ncc1Br. The summed E-state index contributed by atoms with van der Waals surface area (Å²) < 4.78 is 5.85. The van der Waals surface area contributed by atoms with Crippen LogP contribution in [-0.2, 0) is 4.74 Å². The zero-order valence-electron chi connectivity index (χ0n) is 10.3. The molecule has 7 heteroatoms. The predicted molar refractivity (Wildman–Crippen MR) is 72.5 cm³/mol. The van der Waals surface area contributed by atoms with Crippen LogP contribution in [0.1, 0.15) is 10.4 Å². The fourth-order valence-corrected chi connectivity index (χ4v) is 2.35. The number of carboxylic acids is 1. The lowest BCUT2D eigenvalue weighted by Gasteiger charge is -2.24. The van der Waals surface area contributed by atoms with E-state index in [4.69, 9.17) is 9.84 Å². The molecule has 2 heterocycles. The molecule has 0 saturated carbocycles. The van der Waals surface area contributed by atoms with Gasteiger partial charge in [-0.05, 0) is 22.0 Å².